The van der Waals surface area contributed by atoms with Crippen LogP contribution in [0.15, 0.2) is 0 Å². The molecule has 1 unspecified atom stereocenters. The van der Waals surface area contributed by atoms with Gasteiger partial charge < -0.3 is 14.7 Å². The quantitative estimate of drug-likeness (QED) is 0.728. The smallest absolute Gasteiger partial charge is 0.227 e. The van der Waals surface area contributed by atoms with E-state index in [2.05, 4.69) is 11.9 Å². The zero-order valence-electron chi connectivity index (χ0n) is 12.1. The lowest BCUT2D eigenvalue weighted by Gasteiger charge is -2.38. The largest absolute Gasteiger partial charge is 0.342 e. The third-order valence-electron chi connectivity index (χ3n) is 4.24. The van der Waals surface area contributed by atoms with Crippen molar-refractivity contribution in [3.63, 3.8) is 0 Å². The average molecular weight is 267 g/mol. The highest BCUT2D eigenvalue weighted by Crippen LogP contribution is 2.20. The summed E-state index contributed by atoms with van der Waals surface area (Å²) in [5, 5.41) is 0. The molecule has 0 aromatic carbocycles. The fourth-order valence-electron chi connectivity index (χ4n) is 2.91. The van der Waals surface area contributed by atoms with Gasteiger partial charge in [0.2, 0.25) is 11.8 Å². The number of carbonyl (C=O) groups is 2. The summed E-state index contributed by atoms with van der Waals surface area (Å²) >= 11 is 0. The Morgan fingerprint density at radius 1 is 1.05 bits per heavy atom. The maximum atomic E-state index is 12.5. The molecule has 2 amide bonds. The number of likely N-dealkylation sites (tertiary alicyclic amines) is 1. The predicted octanol–water partition coefficient (Wildman–Crippen LogP) is 0.409. The first-order chi connectivity index (χ1) is 9.11. The summed E-state index contributed by atoms with van der Waals surface area (Å²) in [4.78, 5) is 30.3. The van der Waals surface area contributed by atoms with Crippen LogP contribution in [0.25, 0.3) is 0 Å². The second-order valence-corrected chi connectivity index (χ2v) is 5.66. The molecular formula is C14H25N3O2. The van der Waals surface area contributed by atoms with Gasteiger partial charge in [-0.25, -0.2) is 0 Å². The monoisotopic (exact) mass is 267 g/mol. The molecule has 0 aromatic heterocycles. The first kappa shape index (κ1) is 14.3. The van der Waals surface area contributed by atoms with E-state index in [4.69, 9.17) is 0 Å². The molecule has 108 valence electrons. The molecule has 19 heavy (non-hydrogen) atoms. The Labute approximate surface area is 115 Å². The molecule has 2 saturated heterocycles. The van der Waals surface area contributed by atoms with Gasteiger partial charge in [0.05, 0.1) is 5.92 Å². The molecule has 5 nitrogen and oxygen atoms in total. The molecular weight excluding hydrogens is 242 g/mol. The molecule has 0 spiro atoms. The zero-order chi connectivity index (χ0) is 13.8. The van der Waals surface area contributed by atoms with Crippen molar-refractivity contribution in [3.05, 3.63) is 0 Å². The van der Waals surface area contributed by atoms with Crippen molar-refractivity contribution in [2.24, 2.45) is 5.92 Å². The van der Waals surface area contributed by atoms with Gasteiger partial charge in [-0.2, -0.15) is 0 Å². The number of amides is 2. The number of likely N-dealkylation sites (N-methyl/N-ethyl adjacent to an activating group) is 1. The summed E-state index contributed by atoms with van der Waals surface area (Å²) < 4.78 is 0. The molecule has 0 radical (unpaired) electrons. The van der Waals surface area contributed by atoms with Gasteiger partial charge in [-0.15, -0.1) is 0 Å². The van der Waals surface area contributed by atoms with Crippen LogP contribution in [-0.2, 0) is 9.59 Å². The molecule has 2 aliphatic rings. The van der Waals surface area contributed by atoms with Crippen molar-refractivity contribution in [1.29, 1.82) is 0 Å². The van der Waals surface area contributed by atoms with E-state index in [0.29, 0.717) is 13.0 Å². The average Bonchev–Trinajstić information content (AvgIpc) is 2.46. The van der Waals surface area contributed by atoms with Crippen molar-refractivity contribution < 1.29 is 9.59 Å². The predicted molar refractivity (Wildman–Crippen MR) is 73.7 cm³/mol. The summed E-state index contributed by atoms with van der Waals surface area (Å²) in [5.74, 6) is 0.449. The molecule has 5 heteroatoms. The summed E-state index contributed by atoms with van der Waals surface area (Å²) in [6, 6.07) is 0. The third kappa shape index (κ3) is 3.47. The Balaban J connectivity index is 1.90. The topological polar surface area (TPSA) is 43.9 Å². The molecule has 0 saturated carbocycles. The molecule has 0 aliphatic carbocycles. The fourth-order valence-corrected chi connectivity index (χ4v) is 2.91. The van der Waals surface area contributed by atoms with E-state index in [1.807, 2.05) is 16.7 Å². The molecule has 2 aliphatic heterocycles. The summed E-state index contributed by atoms with van der Waals surface area (Å²) in [7, 11) is 2.09. The Morgan fingerprint density at radius 3 is 2.37 bits per heavy atom. The third-order valence-corrected chi connectivity index (χ3v) is 4.24. The van der Waals surface area contributed by atoms with Gasteiger partial charge >= 0.3 is 0 Å². The Kier molecular flexibility index (Phi) is 4.80. The van der Waals surface area contributed by atoms with Gasteiger partial charge in [0, 0.05) is 45.7 Å². The highest BCUT2D eigenvalue weighted by molar-refractivity contribution is 5.81. The van der Waals surface area contributed by atoms with Crippen LogP contribution in [0.3, 0.4) is 0 Å². The van der Waals surface area contributed by atoms with Crippen molar-refractivity contribution in [2.75, 3.05) is 46.3 Å². The maximum absolute atomic E-state index is 12.5. The molecule has 0 aromatic rings. The van der Waals surface area contributed by atoms with Crippen molar-refractivity contribution >= 4 is 11.8 Å². The second kappa shape index (κ2) is 6.37. The first-order valence-electron chi connectivity index (χ1n) is 7.37. The second-order valence-electron chi connectivity index (χ2n) is 5.66. The summed E-state index contributed by atoms with van der Waals surface area (Å²) in [6.45, 7) is 6.89. The lowest BCUT2D eigenvalue weighted by atomic mass is 9.96. The van der Waals surface area contributed by atoms with Gasteiger partial charge in [0.1, 0.15) is 0 Å². The van der Waals surface area contributed by atoms with Crippen LogP contribution in [0.2, 0.25) is 0 Å². The zero-order valence-corrected chi connectivity index (χ0v) is 12.1. The van der Waals surface area contributed by atoms with Crippen LogP contribution >= 0.6 is 0 Å². The highest BCUT2D eigenvalue weighted by Gasteiger charge is 2.31. The first-order valence-corrected chi connectivity index (χ1v) is 7.37. The number of carbonyl (C=O) groups excluding carboxylic acids is 2. The molecule has 2 heterocycles. The van der Waals surface area contributed by atoms with Gasteiger partial charge in [-0.05, 0) is 19.9 Å². The van der Waals surface area contributed by atoms with Crippen molar-refractivity contribution in [2.45, 2.75) is 26.2 Å². The summed E-state index contributed by atoms with van der Waals surface area (Å²) in [6.07, 6.45) is 2.42. The molecule has 0 N–H and O–H groups in total. The SMILES string of the molecule is CCC(=O)N1CCCC(C(=O)N2CCN(C)CC2)C1. The van der Waals surface area contributed by atoms with E-state index in [-0.39, 0.29) is 17.7 Å². The van der Waals surface area contributed by atoms with Crippen LogP contribution in [0.5, 0.6) is 0 Å². The Morgan fingerprint density at radius 2 is 1.74 bits per heavy atom. The van der Waals surface area contributed by atoms with Crippen LogP contribution in [0, 0.1) is 5.92 Å². The molecule has 2 fully saturated rings. The minimum Gasteiger partial charge on any atom is -0.342 e. The standard InChI is InChI=1S/C14H25N3O2/c1-3-13(18)17-6-4-5-12(11-17)14(19)16-9-7-15(2)8-10-16/h12H,3-11H2,1-2H3. The molecule has 2 rings (SSSR count). The van der Waals surface area contributed by atoms with Crippen LogP contribution in [0.1, 0.15) is 26.2 Å². The van der Waals surface area contributed by atoms with E-state index in [9.17, 15) is 9.59 Å². The minimum atomic E-state index is 0.0210. The normalized spacial score (nSPS) is 25.5. The van der Waals surface area contributed by atoms with Crippen LogP contribution in [0.4, 0.5) is 0 Å². The summed E-state index contributed by atoms with van der Waals surface area (Å²) in [5.41, 5.74) is 0. The minimum absolute atomic E-state index is 0.0210. The van der Waals surface area contributed by atoms with E-state index >= 15 is 0 Å². The van der Waals surface area contributed by atoms with Crippen LogP contribution < -0.4 is 0 Å². The highest BCUT2D eigenvalue weighted by atomic mass is 16.2. The van der Waals surface area contributed by atoms with Crippen molar-refractivity contribution in [1.82, 2.24) is 14.7 Å². The van der Waals surface area contributed by atoms with Gasteiger partial charge in [0.25, 0.3) is 0 Å². The number of piperidine rings is 1. The van der Waals surface area contributed by atoms with E-state index in [1.165, 1.54) is 0 Å². The fraction of sp³-hybridized carbons (Fsp3) is 0.857. The number of hydrogen-bond donors (Lipinski definition) is 0. The Bertz CT molecular complexity index is 338. The van der Waals surface area contributed by atoms with Gasteiger partial charge in [-0.3, -0.25) is 9.59 Å². The van der Waals surface area contributed by atoms with Gasteiger partial charge in [-0.1, -0.05) is 6.92 Å². The van der Waals surface area contributed by atoms with Crippen molar-refractivity contribution in [3.8, 4) is 0 Å². The molecule has 1 atom stereocenters. The number of rotatable bonds is 2. The maximum Gasteiger partial charge on any atom is 0.227 e. The van der Waals surface area contributed by atoms with E-state index in [1.54, 1.807) is 0 Å². The molecule has 0 bridgehead atoms. The number of piperazine rings is 1. The van der Waals surface area contributed by atoms with Crippen LogP contribution in [-0.4, -0.2) is 72.8 Å². The van der Waals surface area contributed by atoms with E-state index < -0.39 is 0 Å². The number of nitrogens with zero attached hydrogens (tertiary/aromatic N) is 3. The number of hydrogen-bond acceptors (Lipinski definition) is 3. The lowest BCUT2D eigenvalue weighted by molar-refractivity contribution is -0.141. The lowest BCUT2D eigenvalue weighted by Crippen LogP contribution is -2.52. The van der Waals surface area contributed by atoms with Gasteiger partial charge in [0.15, 0.2) is 0 Å². The Hall–Kier alpha value is -1.10. The van der Waals surface area contributed by atoms with E-state index in [0.717, 1.165) is 45.6 Å².